The fourth-order valence-corrected chi connectivity index (χ4v) is 3.35. The van der Waals surface area contributed by atoms with Gasteiger partial charge < -0.3 is 14.7 Å². The fraction of sp³-hybridized carbons (Fsp3) is 0.412. The molecule has 0 radical (unpaired) electrons. The maximum Gasteiger partial charge on any atom is 0.303 e. The number of benzene rings is 1. The Bertz CT molecular complexity index is 775. The first-order valence-corrected chi connectivity index (χ1v) is 8.01. The van der Waals surface area contributed by atoms with Gasteiger partial charge in [0.1, 0.15) is 5.75 Å². The summed E-state index contributed by atoms with van der Waals surface area (Å²) >= 11 is 0. The molecule has 2 aromatic rings. The van der Waals surface area contributed by atoms with Gasteiger partial charge in [-0.15, -0.1) is 0 Å². The molecule has 0 bridgehead atoms. The number of carboxylic acid groups (broad SMARTS) is 1. The van der Waals surface area contributed by atoms with Crippen molar-refractivity contribution < 1.29 is 19.4 Å². The maximum atomic E-state index is 13.0. The van der Waals surface area contributed by atoms with Gasteiger partial charge in [0.2, 0.25) is 0 Å². The van der Waals surface area contributed by atoms with Gasteiger partial charge in [-0.3, -0.25) is 9.59 Å². The van der Waals surface area contributed by atoms with Crippen LogP contribution in [0.2, 0.25) is 0 Å². The molecule has 1 aromatic carbocycles. The molecule has 25 heavy (non-hydrogen) atoms. The maximum absolute atomic E-state index is 13.0. The van der Waals surface area contributed by atoms with Gasteiger partial charge in [-0.25, -0.2) is 0 Å². The number of hydrogen-bond acceptors (Lipinski definition) is 5. The van der Waals surface area contributed by atoms with E-state index >= 15 is 0 Å². The minimum atomic E-state index is -0.888. The summed E-state index contributed by atoms with van der Waals surface area (Å²) in [7, 11) is 1.52. The van der Waals surface area contributed by atoms with Crippen LogP contribution in [0.25, 0.3) is 0 Å². The van der Waals surface area contributed by atoms with E-state index in [1.807, 2.05) is 13.0 Å². The van der Waals surface area contributed by atoms with Crippen molar-refractivity contribution in [1.82, 2.24) is 20.3 Å². The highest BCUT2D eigenvalue weighted by atomic mass is 16.5. The topological polar surface area (TPSA) is 108 Å². The number of methoxy groups -OCH3 is 1. The van der Waals surface area contributed by atoms with Crippen LogP contribution in [0.5, 0.6) is 5.75 Å². The largest absolute Gasteiger partial charge is 0.496 e. The van der Waals surface area contributed by atoms with E-state index in [1.165, 1.54) is 7.11 Å². The smallest absolute Gasteiger partial charge is 0.303 e. The zero-order valence-corrected chi connectivity index (χ0v) is 14.1. The standard InChI is InChI=1S/C17H20N4O4/c1-10-3-4-15(25-2)12(5-10)17(24)21-8-11(6-16(22)23)13(9-21)14-7-18-20-19-14/h3-5,7,11,13H,6,8-9H2,1-2H3,(H,22,23)(H,18,19,20)/t11-,13+/m0/s1. The molecule has 2 atom stereocenters. The Labute approximate surface area is 144 Å². The Morgan fingerprint density at radius 2 is 2.20 bits per heavy atom. The molecule has 0 spiro atoms. The van der Waals surface area contributed by atoms with Gasteiger partial charge in [0.25, 0.3) is 5.91 Å². The third kappa shape index (κ3) is 3.47. The number of ether oxygens (including phenoxy) is 1. The van der Waals surface area contributed by atoms with Crippen LogP contribution in [0.15, 0.2) is 24.4 Å². The van der Waals surface area contributed by atoms with Crippen molar-refractivity contribution in [3.8, 4) is 5.75 Å². The average molecular weight is 344 g/mol. The van der Waals surface area contributed by atoms with Crippen molar-refractivity contribution in [2.45, 2.75) is 19.3 Å². The van der Waals surface area contributed by atoms with E-state index in [0.29, 0.717) is 30.1 Å². The van der Waals surface area contributed by atoms with E-state index < -0.39 is 5.97 Å². The second-order valence-electron chi connectivity index (χ2n) is 6.27. The minimum Gasteiger partial charge on any atom is -0.496 e. The number of carbonyl (C=O) groups is 2. The molecule has 8 heteroatoms. The number of nitrogens with one attached hydrogen (secondary N) is 1. The second-order valence-corrected chi connectivity index (χ2v) is 6.27. The van der Waals surface area contributed by atoms with Crippen molar-refractivity contribution in [2.75, 3.05) is 20.2 Å². The Kier molecular flexibility index (Phi) is 4.69. The molecule has 0 unspecified atom stereocenters. The zero-order valence-electron chi connectivity index (χ0n) is 14.1. The molecule has 8 nitrogen and oxygen atoms in total. The van der Waals surface area contributed by atoms with E-state index in [4.69, 9.17) is 4.74 Å². The van der Waals surface area contributed by atoms with Gasteiger partial charge in [-0.1, -0.05) is 11.6 Å². The molecule has 1 amide bonds. The van der Waals surface area contributed by atoms with Gasteiger partial charge in [-0.05, 0) is 25.0 Å². The van der Waals surface area contributed by atoms with E-state index in [2.05, 4.69) is 15.4 Å². The fourth-order valence-electron chi connectivity index (χ4n) is 3.35. The minimum absolute atomic E-state index is 0.0216. The number of aryl methyl sites for hydroxylation is 1. The van der Waals surface area contributed by atoms with Crippen LogP contribution in [-0.2, 0) is 4.79 Å². The Morgan fingerprint density at radius 1 is 1.40 bits per heavy atom. The molecule has 2 N–H and O–H groups in total. The lowest BCUT2D eigenvalue weighted by atomic mass is 9.91. The third-order valence-electron chi connectivity index (χ3n) is 4.56. The summed E-state index contributed by atoms with van der Waals surface area (Å²) < 4.78 is 5.30. The van der Waals surface area contributed by atoms with Crippen LogP contribution in [0.4, 0.5) is 0 Å². The predicted molar refractivity (Wildman–Crippen MR) is 88.5 cm³/mol. The van der Waals surface area contributed by atoms with Gasteiger partial charge in [-0.2, -0.15) is 15.4 Å². The number of aliphatic carboxylic acids is 1. The number of rotatable bonds is 5. The van der Waals surface area contributed by atoms with Crippen molar-refractivity contribution in [3.63, 3.8) is 0 Å². The third-order valence-corrected chi connectivity index (χ3v) is 4.56. The zero-order chi connectivity index (χ0) is 18.0. The monoisotopic (exact) mass is 344 g/mol. The Hall–Kier alpha value is -2.90. The highest BCUT2D eigenvalue weighted by Gasteiger charge is 2.39. The van der Waals surface area contributed by atoms with Crippen molar-refractivity contribution in [3.05, 3.63) is 41.2 Å². The SMILES string of the molecule is COc1ccc(C)cc1C(=O)N1C[C@H](CC(=O)O)[C@H](c2cn[nH]n2)C1. The summed E-state index contributed by atoms with van der Waals surface area (Å²) in [4.78, 5) is 25.8. The molecule has 0 saturated carbocycles. The van der Waals surface area contributed by atoms with Crippen LogP contribution in [0.3, 0.4) is 0 Å². The molecule has 1 aromatic heterocycles. The first kappa shape index (κ1) is 16.9. The van der Waals surface area contributed by atoms with Crippen LogP contribution >= 0.6 is 0 Å². The first-order valence-electron chi connectivity index (χ1n) is 8.01. The molecule has 3 rings (SSSR count). The summed E-state index contributed by atoms with van der Waals surface area (Å²) in [5, 5.41) is 19.6. The van der Waals surface area contributed by atoms with Crippen LogP contribution in [0, 0.1) is 12.8 Å². The summed E-state index contributed by atoms with van der Waals surface area (Å²) in [6, 6.07) is 5.43. The van der Waals surface area contributed by atoms with E-state index in [-0.39, 0.29) is 24.2 Å². The molecular weight excluding hydrogens is 324 g/mol. The average Bonchev–Trinajstić information content (AvgIpc) is 3.23. The van der Waals surface area contributed by atoms with Crippen LogP contribution in [-0.4, -0.2) is 57.5 Å². The molecule has 132 valence electrons. The molecular formula is C17H20N4O4. The molecule has 2 heterocycles. The number of carbonyl (C=O) groups excluding carboxylic acids is 1. The van der Waals surface area contributed by atoms with Gasteiger partial charge in [0.15, 0.2) is 0 Å². The molecule has 1 fully saturated rings. The number of hydrogen-bond donors (Lipinski definition) is 2. The lowest BCUT2D eigenvalue weighted by Gasteiger charge is -2.18. The number of amides is 1. The van der Waals surface area contributed by atoms with E-state index in [0.717, 1.165) is 5.56 Å². The van der Waals surface area contributed by atoms with Crippen molar-refractivity contribution >= 4 is 11.9 Å². The molecule has 1 aliphatic heterocycles. The lowest BCUT2D eigenvalue weighted by Crippen LogP contribution is -2.29. The van der Waals surface area contributed by atoms with Crippen LogP contribution in [0.1, 0.15) is 34.0 Å². The molecule has 1 aliphatic rings. The second kappa shape index (κ2) is 6.92. The normalized spacial score (nSPS) is 19.8. The quantitative estimate of drug-likeness (QED) is 0.850. The Morgan fingerprint density at radius 3 is 2.84 bits per heavy atom. The van der Waals surface area contributed by atoms with E-state index in [1.54, 1.807) is 23.2 Å². The number of likely N-dealkylation sites (tertiary alicyclic amines) is 1. The van der Waals surface area contributed by atoms with Crippen LogP contribution < -0.4 is 4.74 Å². The van der Waals surface area contributed by atoms with E-state index in [9.17, 15) is 14.7 Å². The predicted octanol–water partition coefficient (Wildman–Crippen LogP) is 1.45. The highest BCUT2D eigenvalue weighted by molar-refractivity contribution is 5.97. The number of carboxylic acids is 1. The summed E-state index contributed by atoms with van der Waals surface area (Å²) in [5.41, 5.74) is 2.12. The number of aromatic nitrogens is 3. The number of H-pyrrole nitrogens is 1. The van der Waals surface area contributed by atoms with Crippen molar-refractivity contribution in [1.29, 1.82) is 0 Å². The highest BCUT2D eigenvalue weighted by Crippen LogP contribution is 2.35. The molecule has 0 aliphatic carbocycles. The Balaban J connectivity index is 1.87. The number of aromatic amines is 1. The van der Waals surface area contributed by atoms with Crippen molar-refractivity contribution in [2.24, 2.45) is 5.92 Å². The van der Waals surface area contributed by atoms with Gasteiger partial charge in [0.05, 0.1) is 31.0 Å². The lowest BCUT2D eigenvalue weighted by molar-refractivity contribution is -0.138. The summed E-state index contributed by atoms with van der Waals surface area (Å²) in [6.07, 6.45) is 1.56. The summed E-state index contributed by atoms with van der Waals surface area (Å²) in [5.74, 6) is -0.907. The van der Waals surface area contributed by atoms with Gasteiger partial charge in [0, 0.05) is 19.0 Å². The molecule has 1 saturated heterocycles. The summed E-state index contributed by atoms with van der Waals surface area (Å²) in [6.45, 7) is 2.67. The first-order chi connectivity index (χ1) is 12.0. The number of nitrogens with zero attached hydrogens (tertiary/aromatic N) is 3. The van der Waals surface area contributed by atoms with Gasteiger partial charge >= 0.3 is 5.97 Å².